The van der Waals surface area contributed by atoms with E-state index >= 15 is 0 Å². The topological polar surface area (TPSA) is 26.3 Å². The number of carbonyl (C=O) groups excluding carboxylic acids is 1. The van der Waals surface area contributed by atoms with Gasteiger partial charge in [-0.15, -0.1) is 5.54 Å². The Morgan fingerprint density at radius 1 is 1.29 bits per heavy atom. The monoisotopic (exact) mass is 246 g/mol. The average Bonchev–Trinajstić information content (AvgIpc) is 2.25. The Labute approximate surface area is 104 Å². The van der Waals surface area contributed by atoms with Crippen LogP contribution in [0.1, 0.15) is 21.5 Å². The molecule has 0 fully saturated rings. The lowest BCUT2D eigenvalue weighted by atomic mass is 10.0. The van der Waals surface area contributed by atoms with Gasteiger partial charge in [-0.1, -0.05) is 31.6 Å². The fourth-order valence-electron chi connectivity index (χ4n) is 1.36. The maximum absolute atomic E-state index is 11.5. The maximum atomic E-state index is 11.5. The molecule has 3 heteroatoms. The summed E-state index contributed by atoms with van der Waals surface area (Å²) in [6, 6.07) is 5.54. The van der Waals surface area contributed by atoms with Crippen molar-refractivity contribution in [2.75, 3.05) is 7.11 Å². The number of hydrogen-bond acceptors (Lipinski definition) is 2. The molecule has 0 heterocycles. The zero-order chi connectivity index (χ0) is 13.1. The molecule has 0 unspecified atom stereocenters. The first-order valence-corrected chi connectivity index (χ1v) is 9.06. The summed E-state index contributed by atoms with van der Waals surface area (Å²) in [5.41, 5.74) is 5.70. The second-order valence-corrected chi connectivity index (χ2v) is 9.72. The first-order chi connectivity index (χ1) is 7.85. The van der Waals surface area contributed by atoms with Crippen LogP contribution in [0.15, 0.2) is 18.2 Å². The van der Waals surface area contributed by atoms with Gasteiger partial charge in [0.05, 0.1) is 12.7 Å². The molecule has 0 aliphatic carbocycles. The summed E-state index contributed by atoms with van der Waals surface area (Å²) in [4.78, 5) is 11.5. The minimum atomic E-state index is -1.39. The highest BCUT2D eigenvalue weighted by atomic mass is 28.3. The SMILES string of the molecule is COC(=O)c1cccc(C#C[Si](C)(C)C)c1C. The van der Waals surface area contributed by atoms with Crippen molar-refractivity contribution in [3.05, 3.63) is 34.9 Å². The van der Waals surface area contributed by atoms with Gasteiger partial charge in [-0.05, 0) is 24.6 Å². The summed E-state index contributed by atoms with van der Waals surface area (Å²) in [5, 5.41) is 0. The number of ether oxygens (including phenoxy) is 1. The van der Waals surface area contributed by atoms with Gasteiger partial charge >= 0.3 is 5.97 Å². The highest BCUT2D eigenvalue weighted by Gasteiger charge is 2.11. The van der Waals surface area contributed by atoms with E-state index in [-0.39, 0.29) is 5.97 Å². The van der Waals surface area contributed by atoms with Crippen molar-refractivity contribution >= 4 is 14.0 Å². The minimum absolute atomic E-state index is 0.306. The number of benzene rings is 1. The molecule has 2 nitrogen and oxygen atoms in total. The summed E-state index contributed by atoms with van der Waals surface area (Å²) >= 11 is 0. The number of carbonyl (C=O) groups is 1. The summed E-state index contributed by atoms with van der Waals surface area (Å²) in [6.45, 7) is 8.49. The molecule has 1 aromatic rings. The van der Waals surface area contributed by atoms with Gasteiger partial charge in [0.1, 0.15) is 8.07 Å². The highest BCUT2D eigenvalue weighted by molar-refractivity contribution is 6.83. The predicted molar refractivity (Wildman–Crippen MR) is 72.7 cm³/mol. The molecule has 0 aliphatic heterocycles. The van der Waals surface area contributed by atoms with Crippen LogP contribution in [0.5, 0.6) is 0 Å². The molecule has 90 valence electrons. The Morgan fingerprint density at radius 2 is 1.94 bits per heavy atom. The molecule has 0 saturated carbocycles. The van der Waals surface area contributed by atoms with Gasteiger partial charge in [-0.3, -0.25) is 0 Å². The summed E-state index contributed by atoms with van der Waals surface area (Å²) in [5.74, 6) is 2.87. The van der Waals surface area contributed by atoms with Gasteiger partial charge in [0.25, 0.3) is 0 Å². The lowest BCUT2D eigenvalue weighted by Gasteiger charge is -2.07. The van der Waals surface area contributed by atoms with E-state index < -0.39 is 8.07 Å². The van der Waals surface area contributed by atoms with Gasteiger partial charge in [0.2, 0.25) is 0 Å². The van der Waals surface area contributed by atoms with Crippen molar-refractivity contribution < 1.29 is 9.53 Å². The fraction of sp³-hybridized carbons (Fsp3) is 0.357. The number of hydrogen-bond donors (Lipinski definition) is 0. The third kappa shape index (κ3) is 3.76. The highest BCUT2D eigenvalue weighted by Crippen LogP contribution is 2.14. The van der Waals surface area contributed by atoms with Gasteiger partial charge in [0.15, 0.2) is 0 Å². The Bertz CT molecular complexity index is 487. The molecular formula is C14H18O2Si. The van der Waals surface area contributed by atoms with Crippen LogP contribution in [0.3, 0.4) is 0 Å². The van der Waals surface area contributed by atoms with E-state index in [1.165, 1.54) is 7.11 Å². The Morgan fingerprint density at radius 3 is 2.47 bits per heavy atom. The molecule has 0 aromatic heterocycles. The molecule has 0 amide bonds. The standard InChI is InChI=1S/C14H18O2Si/c1-11-12(9-10-17(3,4)5)7-6-8-13(11)14(15)16-2/h6-8H,1-5H3. The van der Waals surface area contributed by atoms with Gasteiger partial charge < -0.3 is 4.74 Å². The zero-order valence-corrected chi connectivity index (χ0v) is 12.0. The zero-order valence-electron chi connectivity index (χ0n) is 11.0. The van der Waals surface area contributed by atoms with E-state index in [2.05, 4.69) is 31.1 Å². The van der Waals surface area contributed by atoms with Gasteiger partial charge in [0, 0.05) is 5.56 Å². The third-order valence-electron chi connectivity index (χ3n) is 2.31. The second kappa shape index (κ2) is 5.20. The third-order valence-corrected chi connectivity index (χ3v) is 3.19. The van der Waals surface area contributed by atoms with Gasteiger partial charge in [-0.25, -0.2) is 4.79 Å². The summed E-state index contributed by atoms with van der Waals surface area (Å²) in [6.07, 6.45) is 0. The molecule has 1 aromatic carbocycles. The van der Waals surface area contributed by atoms with E-state index in [0.717, 1.165) is 11.1 Å². The van der Waals surface area contributed by atoms with E-state index in [0.29, 0.717) is 5.56 Å². The van der Waals surface area contributed by atoms with Crippen LogP contribution >= 0.6 is 0 Å². The van der Waals surface area contributed by atoms with Crippen LogP contribution < -0.4 is 0 Å². The number of esters is 1. The fourth-order valence-corrected chi connectivity index (χ4v) is 1.87. The number of rotatable bonds is 1. The molecule has 0 saturated heterocycles. The van der Waals surface area contributed by atoms with Crippen LogP contribution in [0.2, 0.25) is 19.6 Å². The van der Waals surface area contributed by atoms with Crippen molar-refractivity contribution in [2.45, 2.75) is 26.6 Å². The lowest BCUT2D eigenvalue weighted by molar-refractivity contribution is 0.0600. The smallest absolute Gasteiger partial charge is 0.338 e. The molecule has 0 N–H and O–H groups in total. The first kappa shape index (κ1) is 13.5. The van der Waals surface area contributed by atoms with Crippen molar-refractivity contribution in [1.29, 1.82) is 0 Å². The van der Waals surface area contributed by atoms with E-state index in [1.807, 2.05) is 19.1 Å². The quantitative estimate of drug-likeness (QED) is 0.432. The molecule has 0 bridgehead atoms. The van der Waals surface area contributed by atoms with Crippen molar-refractivity contribution in [3.8, 4) is 11.5 Å². The first-order valence-electron chi connectivity index (χ1n) is 5.56. The molecule has 0 spiro atoms. The van der Waals surface area contributed by atoms with Crippen molar-refractivity contribution in [3.63, 3.8) is 0 Å². The molecule has 0 atom stereocenters. The van der Waals surface area contributed by atoms with Crippen LogP contribution in [0.4, 0.5) is 0 Å². The molecule has 0 radical (unpaired) electrons. The Hall–Kier alpha value is -1.53. The van der Waals surface area contributed by atoms with E-state index in [4.69, 9.17) is 4.74 Å². The van der Waals surface area contributed by atoms with Crippen molar-refractivity contribution in [2.24, 2.45) is 0 Å². The lowest BCUT2D eigenvalue weighted by Crippen LogP contribution is -2.16. The normalized spacial score (nSPS) is 10.4. The number of methoxy groups -OCH3 is 1. The van der Waals surface area contributed by atoms with Crippen molar-refractivity contribution in [1.82, 2.24) is 0 Å². The van der Waals surface area contributed by atoms with Crippen LogP contribution in [-0.2, 0) is 4.74 Å². The Balaban J connectivity index is 3.19. The average molecular weight is 246 g/mol. The predicted octanol–water partition coefficient (Wildman–Crippen LogP) is 3.01. The molecule has 1 rings (SSSR count). The Kier molecular flexibility index (Phi) is 4.14. The summed E-state index contributed by atoms with van der Waals surface area (Å²) in [7, 11) is -0.00204. The van der Waals surface area contributed by atoms with E-state index in [1.54, 1.807) is 6.07 Å². The minimum Gasteiger partial charge on any atom is -0.465 e. The van der Waals surface area contributed by atoms with Crippen LogP contribution in [0, 0.1) is 18.4 Å². The summed E-state index contributed by atoms with van der Waals surface area (Å²) < 4.78 is 4.74. The second-order valence-electron chi connectivity index (χ2n) is 4.97. The molecule has 17 heavy (non-hydrogen) atoms. The maximum Gasteiger partial charge on any atom is 0.338 e. The van der Waals surface area contributed by atoms with Crippen LogP contribution in [-0.4, -0.2) is 21.2 Å². The van der Waals surface area contributed by atoms with E-state index in [9.17, 15) is 4.79 Å². The van der Waals surface area contributed by atoms with Gasteiger partial charge in [-0.2, -0.15) is 0 Å². The molecule has 0 aliphatic rings. The molecular weight excluding hydrogens is 228 g/mol. The largest absolute Gasteiger partial charge is 0.465 e. The van der Waals surface area contributed by atoms with Crippen LogP contribution in [0.25, 0.3) is 0 Å².